The van der Waals surface area contributed by atoms with E-state index in [0.29, 0.717) is 0 Å². The summed E-state index contributed by atoms with van der Waals surface area (Å²) in [5.74, 6) is 0. The second kappa shape index (κ2) is 4.87. The van der Waals surface area contributed by atoms with Gasteiger partial charge in [-0.15, -0.1) is 0 Å². The maximum atomic E-state index is 11.0. The third-order valence-corrected chi connectivity index (χ3v) is 2.87. The van der Waals surface area contributed by atoms with E-state index in [4.69, 9.17) is 0 Å². The van der Waals surface area contributed by atoms with Crippen LogP contribution in [0.2, 0.25) is 0 Å². The van der Waals surface area contributed by atoms with Gasteiger partial charge in [-0.3, -0.25) is 4.21 Å². The van der Waals surface area contributed by atoms with Crippen molar-refractivity contribution in [2.24, 2.45) is 0 Å². The molecule has 0 aliphatic rings. The molecular weight excluding hydrogens is 215 g/mol. The Labute approximate surface area is 106 Å². The molecule has 0 saturated carbocycles. The Bertz CT molecular complexity index is 378. The van der Waals surface area contributed by atoms with E-state index in [-0.39, 0.29) is 34.5 Å². The number of aryl methyl sites for hydroxylation is 2. The van der Waals surface area contributed by atoms with Crippen molar-refractivity contribution in [3.05, 3.63) is 29.3 Å². The van der Waals surface area contributed by atoms with Gasteiger partial charge in [-0.05, 0) is 57.1 Å². The summed E-state index contributed by atoms with van der Waals surface area (Å²) in [5.41, 5.74) is 1.83. The Morgan fingerprint density at radius 3 is 1.92 bits per heavy atom. The predicted octanol–water partition coefficient (Wildman–Crippen LogP) is -1.46. The van der Waals surface area contributed by atoms with E-state index < -0.39 is 8.77 Å². The summed E-state index contributed by atoms with van der Waals surface area (Å²) in [6, 6.07) is 5.06. The van der Waals surface area contributed by atoms with Crippen LogP contribution in [-0.2, 0) is 20.0 Å². The Morgan fingerprint density at radius 1 is 1.23 bits per heavy atom. The van der Waals surface area contributed by atoms with Gasteiger partial charge < -0.3 is 4.55 Å². The molecule has 1 aromatic carbocycles. The molecule has 0 heterocycles. The molecule has 1 rings (SSSR count). The van der Waals surface area contributed by atoms with E-state index in [1.54, 1.807) is 12.1 Å². The minimum Gasteiger partial charge on any atom is -0.766 e. The Balaban J connectivity index is 0.00000144. The van der Waals surface area contributed by atoms with Gasteiger partial charge in [-0.25, -0.2) is 0 Å². The van der Waals surface area contributed by atoms with Gasteiger partial charge in [-0.1, -0.05) is 6.07 Å². The largest absolute Gasteiger partial charge is 1.00 e. The normalized spacial score (nSPS) is 14.4. The molecule has 1 atom stereocenters. The molecule has 2 nitrogen and oxygen atoms in total. The maximum Gasteiger partial charge on any atom is 1.00 e. The molecule has 5 heteroatoms. The van der Waals surface area contributed by atoms with E-state index in [0.717, 1.165) is 11.1 Å². The van der Waals surface area contributed by atoms with Crippen molar-refractivity contribution >= 4 is 20.0 Å². The number of rotatable bonds is 1. The second-order valence-electron chi connectivity index (χ2n) is 2.78. The first-order valence-electron chi connectivity index (χ1n) is 3.44. The van der Waals surface area contributed by atoms with Crippen LogP contribution in [0, 0.1) is 13.8 Å². The molecule has 1 unspecified atom stereocenters. The van der Waals surface area contributed by atoms with Gasteiger partial charge in [0.25, 0.3) is 0 Å². The standard InChI is InChI=1S/C8H10O2S2.Na/c1-6-3-7(2)5-8(4-6)12(9,10)11;/h3-5H,1-2H3,(H,9,10,11);/q;+1/p-1. The van der Waals surface area contributed by atoms with Crippen molar-refractivity contribution in [1.82, 2.24) is 0 Å². The molecule has 0 amide bonds. The number of hydrogen-bond acceptors (Lipinski definition) is 3. The van der Waals surface area contributed by atoms with E-state index in [9.17, 15) is 8.76 Å². The average Bonchev–Trinajstić information content (AvgIpc) is 1.82. The van der Waals surface area contributed by atoms with Crippen molar-refractivity contribution in [2.75, 3.05) is 0 Å². The van der Waals surface area contributed by atoms with Gasteiger partial charge in [0.1, 0.15) is 0 Å². The van der Waals surface area contributed by atoms with Crippen LogP contribution < -0.4 is 29.6 Å². The first-order chi connectivity index (χ1) is 5.39. The molecule has 0 aromatic heterocycles. The fourth-order valence-electron chi connectivity index (χ4n) is 1.08. The minimum atomic E-state index is -3.46. The van der Waals surface area contributed by atoms with Crippen LogP contribution in [0.5, 0.6) is 0 Å². The predicted molar refractivity (Wildman–Crippen MR) is 50.5 cm³/mol. The Hall–Kier alpha value is 0.550. The second-order valence-corrected chi connectivity index (χ2v) is 5.47. The van der Waals surface area contributed by atoms with Crippen LogP contribution >= 0.6 is 0 Å². The summed E-state index contributed by atoms with van der Waals surface area (Å²) in [4.78, 5) is 0.218. The third-order valence-electron chi connectivity index (χ3n) is 1.48. The average molecular weight is 224 g/mol. The third kappa shape index (κ3) is 4.06. The molecule has 0 aliphatic heterocycles. The van der Waals surface area contributed by atoms with Gasteiger partial charge in [0.05, 0.1) is 0 Å². The Morgan fingerprint density at radius 2 is 1.62 bits per heavy atom. The van der Waals surface area contributed by atoms with Crippen molar-refractivity contribution in [1.29, 1.82) is 0 Å². The SMILES string of the molecule is Cc1cc(C)cc(S(=O)([O-])=S)c1.[Na+]. The molecule has 0 radical (unpaired) electrons. The Kier molecular flexibility index (Phi) is 5.07. The summed E-state index contributed by atoms with van der Waals surface area (Å²) < 4.78 is 21.9. The van der Waals surface area contributed by atoms with Crippen LogP contribution in [0.25, 0.3) is 0 Å². The molecule has 0 spiro atoms. The van der Waals surface area contributed by atoms with Crippen LogP contribution in [0.3, 0.4) is 0 Å². The van der Waals surface area contributed by atoms with Crippen LogP contribution in [0.1, 0.15) is 11.1 Å². The van der Waals surface area contributed by atoms with E-state index in [2.05, 4.69) is 11.2 Å². The number of benzene rings is 1. The summed E-state index contributed by atoms with van der Waals surface area (Å²) in [5, 5.41) is 0. The van der Waals surface area contributed by atoms with Crippen molar-refractivity contribution in [3.8, 4) is 0 Å². The maximum absolute atomic E-state index is 11.0. The van der Waals surface area contributed by atoms with Crippen molar-refractivity contribution in [3.63, 3.8) is 0 Å². The van der Waals surface area contributed by atoms with Gasteiger partial charge in [0.15, 0.2) is 0 Å². The molecule has 0 fully saturated rings. The molecule has 0 N–H and O–H groups in total. The zero-order chi connectivity index (χ0) is 9.35. The minimum absolute atomic E-state index is 0. The zero-order valence-electron chi connectivity index (χ0n) is 7.87. The van der Waals surface area contributed by atoms with Gasteiger partial charge in [0.2, 0.25) is 0 Å². The van der Waals surface area contributed by atoms with Crippen molar-refractivity contribution in [2.45, 2.75) is 18.7 Å². The first-order valence-corrected chi connectivity index (χ1v) is 5.84. The summed E-state index contributed by atoms with van der Waals surface area (Å²) in [7, 11) is -3.46. The van der Waals surface area contributed by atoms with Gasteiger partial charge in [0, 0.05) is 4.90 Å². The fourth-order valence-corrected chi connectivity index (χ4v) is 2.03. The zero-order valence-corrected chi connectivity index (χ0v) is 11.5. The van der Waals surface area contributed by atoms with Crippen molar-refractivity contribution < 1.29 is 38.3 Å². The topological polar surface area (TPSA) is 40.1 Å². The molecule has 66 valence electrons. The summed E-state index contributed by atoms with van der Waals surface area (Å²) in [6.07, 6.45) is 0. The molecule has 1 aromatic rings. The first kappa shape index (κ1) is 13.5. The molecule has 0 bridgehead atoms. The van der Waals surface area contributed by atoms with Crippen LogP contribution in [0.4, 0.5) is 0 Å². The number of hydrogen-bond donors (Lipinski definition) is 0. The molecule has 13 heavy (non-hydrogen) atoms. The summed E-state index contributed by atoms with van der Waals surface area (Å²) in [6.45, 7) is 3.69. The smallest absolute Gasteiger partial charge is 0.766 e. The van der Waals surface area contributed by atoms with E-state index >= 15 is 0 Å². The molecule has 0 aliphatic carbocycles. The van der Waals surface area contributed by atoms with E-state index in [1.807, 2.05) is 19.9 Å². The molecule has 0 saturated heterocycles. The fraction of sp³-hybridized carbons (Fsp3) is 0.250. The van der Waals surface area contributed by atoms with Gasteiger partial charge in [-0.2, -0.15) is 0 Å². The quantitative estimate of drug-likeness (QED) is 0.548. The van der Waals surface area contributed by atoms with E-state index in [1.165, 1.54) is 0 Å². The van der Waals surface area contributed by atoms with Gasteiger partial charge >= 0.3 is 29.6 Å². The van der Waals surface area contributed by atoms with Crippen LogP contribution in [0.15, 0.2) is 23.1 Å². The van der Waals surface area contributed by atoms with Crippen LogP contribution in [-0.4, -0.2) is 8.76 Å². The summed E-state index contributed by atoms with van der Waals surface area (Å²) >= 11 is 4.34. The monoisotopic (exact) mass is 224 g/mol. The molecular formula is C8H9NaO2S2.